The van der Waals surface area contributed by atoms with Crippen LogP contribution < -0.4 is 5.32 Å². The highest BCUT2D eigenvalue weighted by Gasteiger charge is 2.51. The molecule has 10 heteroatoms. The summed E-state index contributed by atoms with van der Waals surface area (Å²) < 4.78 is 46.0. The zero-order valence-corrected chi connectivity index (χ0v) is 21.7. The van der Waals surface area contributed by atoms with Crippen molar-refractivity contribution in [2.45, 2.75) is 37.5 Å². The van der Waals surface area contributed by atoms with Crippen molar-refractivity contribution in [1.82, 2.24) is 9.78 Å². The molecule has 7 nitrogen and oxygen atoms in total. The molecule has 1 saturated carbocycles. The molecule has 206 valence electrons. The van der Waals surface area contributed by atoms with Crippen LogP contribution in [-0.4, -0.2) is 26.9 Å². The Bertz CT molecular complexity index is 1560. The first-order chi connectivity index (χ1) is 19.0. The van der Waals surface area contributed by atoms with Gasteiger partial charge in [0.25, 0.3) is 0 Å². The average molecular weight is 550 g/mol. The average Bonchev–Trinajstić information content (AvgIpc) is 3.68. The molecule has 1 fully saturated rings. The fraction of sp³-hybridized carbons (Fsp3) is 0.233. The number of halogens is 3. The van der Waals surface area contributed by atoms with Crippen molar-refractivity contribution < 1.29 is 32.6 Å². The molecule has 1 aliphatic rings. The maximum Gasteiger partial charge on any atom is 0.416 e. The number of hydrogen-bond acceptors (Lipinski definition) is 4. The molecular weight excluding hydrogens is 523 g/mol. The highest BCUT2D eigenvalue weighted by molar-refractivity contribution is 5.90. The Morgan fingerprint density at radius 1 is 1.00 bits per heavy atom. The van der Waals surface area contributed by atoms with Crippen LogP contribution in [0.25, 0.3) is 22.3 Å². The molecule has 0 bridgehead atoms. The maximum atomic E-state index is 13.1. The fourth-order valence-electron chi connectivity index (χ4n) is 4.69. The van der Waals surface area contributed by atoms with Crippen LogP contribution in [0.15, 0.2) is 79.0 Å². The van der Waals surface area contributed by atoms with Crippen molar-refractivity contribution in [2.24, 2.45) is 7.05 Å². The van der Waals surface area contributed by atoms with E-state index >= 15 is 0 Å². The summed E-state index contributed by atoms with van der Waals surface area (Å²) in [5, 5.41) is 16.4. The molecule has 1 aliphatic carbocycles. The van der Waals surface area contributed by atoms with Crippen molar-refractivity contribution in [3.05, 3.63) is 95.7 Å². The molecule has 0 radical (unpaired) electrons. The van der Waals surface area contributed by atoms with Gasteiger partial charge in [0.15, 0.2) is 0 Å². The number of alkyl halides is 3. The molecule has 5 rings (SSSR count). The normalized spacial score (nSPS) is 14.8. The predicted molar refractivity (Wildman–Crippen MR) is 143 cm³/mol. The molecule has 1 heterocycles. The van der Waals surface area contributed by atoms with E-state index in [9.17, 15) is 27.9 Å². The van der Waals surface area contributed by atoms with Crippen LogP contribution in [0.1, 0.15) is 42.6 Å². The van der Waals surface area contributed by atoms with Crippen molar-refractivity contribution in [2.75, 3.05) is 5.32 Å². The second-order valence-corrected chi connectivity index (χ2v) is 9.87. The zero-order chi connectivity index (χ0) is 28.7. The smallest absolute Gasteiger partial charge is 0.416 e. The lowest BCUT2D eigenvalue weighted by Gasteiger charge is -2.16. The summed E-state index contributed by atoms with van der Waals surface area (Å²) in [7, 11) is 1.65. The van der Waals surface area contributed by atoms with E-state index in [2.05, 4.69) is 10.4 Å². The van der Waals surface area contributed by atoms with Gasteiger partial charge < -0.3 is 9.84 Å². The molecule has 0 spiro atoms. The maximum absolute atomic E-state index is 13.1. The fourth-order valence-corrected chi connectivity index (χ4v) is 4.69. The SMILES string of the molecule is CC(OC(=O)Nc1c(-c2ccc(-c3ccc(C4(C(=O)O)CC4)cc3)cc2)cnn1C)c1cccc(C(F)(F)F)c1. The summed E-state index contributed by atoms with van der Waals surface area (Å²) in [6.07, 6.45) is -3.36. The molecule has 3 aromatic carbocycles. The van der Waals surface area contributed by atoms with E-state index in [1.807, 2.05) is 48.5 Å². The Labute approximate surface area is 228 Å². The molecule has 1 aromatic heterocycles. The van der Waals surface area contributed by atoms with Gasteiger partial charge in [-0.1, -0.05) is 60.7 Å². The number of aryl methyl sites for hydroxylation is 1. The van der Waals surface area contributed by atoms with E-state index in [-0.39, 0.29) is 5.56 Å². The summed E-state index contributed by atoms with van der Waals surface area (Å²) in [6, 6.07) is 19.8. The summed E-state index contributed by atoms with van der Waals surface area (Å²) in [5.74, 6) is -0.429. The molecule has 40 heavy (non-hydrogen) atoms. The number of amides is 1. The molecule has 0 aliphatic heterocycles. The van der Waals surface area contributed by atoms with E-state index in [1.165, 1.54) is 23.7 Å². The molecule has 2 N–H and O–H groups in total. The van der Waals surface area contributed by atoms with Crippen LogP contribution >= 0.6 is 0 Å². The minimum absolute atomic E-state index is 0.217. The highest BCUT2D eigenvalue weighted by Crippen LogP contribution is 2.48. The second-order valence-electron chi connectivity index (χ2n) is 9.87. The number of nitrogens with zero attached hydrogens (tertiary/aromatic N) is 2. The molecular formula is C30H26F3N3O4. The van der Waals surface area contributed by atoms with Gasteiger partial charge >= 0.3 is 18.2 Å². The quantitative estimate of drug-likeness (QED) is 0.254. The van der Waals surface area contributed by atoms with Crippen molar-refractivity contribution >= 4 is 17.9 Å². The number of carboxylic acid groups (broad SMARTS) is 1. The third-order valence-electron chi connectivity index (χ3n) is 7.25. The zero-order valence-electron chi connectivity index (χ0n) is 21.7. The topological polar surface area (TPSA) is 93.4 Å². The van der Waals surface area contributed by atoms with Gasteiger partial charge in [0.2, 0.25) is 0 Å². The minimum Gasteiger partial charge on any atom is -0.481 e. The highest BCUT2D eigenvalue weighted by atomic mass is 19.4. The van der Waals surface area contributed by atoms with E-state index in [0.29, 0.717) is 24.2 Å². The van der Waals surface area contributed by atoms with E-state index in [4.69, 9.17) is 4.74 Å². The standard InChI is InChI=1S/C30H26F3N3O4/c1-18(22-4-3-5-24(16-22)30(31,32)33)40-28(39)35-26-25(17-34-36(26)2)21-8-6-19(7-9-21)20-10-12-23(13-11-20)29(14-15-29)27(37)38/h3-13,16-18H,14-15H2,1-2H3,(H,35,39)(H,37,38). The van der Waals surface area contributed by atoms with Gasteiger partial charge in [-0.2, -0.15) is 18.3 Å². The first-order valence-corrected chi connectivity index (χ1v) is 12.6. The number of carbonyl (C=O) groups is 2. The lowest BCUT2D eigenvalue weighted by molar-refractivity contribution is -0.140. The lowest BCUT2D eigenvalue weighted by atomic mass is 9.93. The number of anilines is 1. The van der Waals surface area contributed by atoms with Crippen LogP contribution in [0.3, 0.4) is 0 Å². The predicted octanol–water partition coefficient (Wildman–Crippen LogP) is 7.20. The summed E-state index contributed by atoms with van der Waals surface area (Å²) in [4.78, 5) is 24.3. The van der Waals surface area contributed by atoms with Crippen LogP contribution in [-0.2, 0) is 28.2 Å². The Morgan fingerprint density at radius 3 is 2.17 bits per heavy atom. The number of hydrogen-bond donors (Lipinski definition) is 2. The van der Waals surface area contributed by atoms with E-state index < -0.39 is 35.3 Å². The Morgan fingerprint density at radius 2 is 1.60 bits per heavy atom. The van der Waals surface area contributed by atoms with Crippen LogP contribution in [0.2, 0.25) is 0 Å². The van der Waals surface area contributed by atoms with Gasteiger partial charge in [-0.15, -0.1) is 0 Å². The van der Waals surface area contributed by atoms with Gasteiger partial charge in [0.05, 0.1) is 17.2 Å². The Kier molecular flexibility index (Phi) is 6.87. The lowest BCUT2D eigenvalue weighted by Crippen LogP contribution is -2.19. The van der Waals surface area contributed by atoms with Crippen molar-refractivity contribution in [3.8, 4) is 22.3 Å². The third-order valence-corrected chi connectivity index (χ3v) is 7.25. The van der Waals surface area contributed by atoms with Crippen LogP contribution in [0, 0.1) is 0 Å². The summed E-state index contributed by atoms with van der Waals surface area (Å²) in [6.45, 7) is 1.50. The monoisotopic (exact) mass is 549 g/mol. The van der Waals surface area contributed by atoms with Crippen molar-refractivity contribution in [1.29, 1.82) is 0 Å². The molecule has 1 amide bonds. The summed E-state index contributed by atoms with van der Waals surface area (Å²) >= 11 is 0. The largest absolute Gasteiger partial charge is 0.481 e. The molecule has 1 atom stereocenters. The first-order valence-electron chi connectivity index (χ1n) is 12.6. The number of ether oxygens (including phenoxy) is 1. The second kappa shape index (κ2) is 10.2. The van der Waals surface area contributed by atoms with Gasteiger partial charge in [0, 0.05) is 12.6 Å². The number of nitrogens with one attached hydrogen (secondary N) is 1. The van der Waals surface area contributed by atoms with Crippen molar-refractivity contribution in [3.63, 3.8) is 0 Å². The van der Waals surface area contributed by atoms with Crippen LogP contribution in [0.4, 0.5) is 23.8 Å². The number of rotatable bonds is 7. The Hall–Kier alpha value is -4.60. The van der Waals surface area contributed by atoms with Gasteiger partial charge in [-0.25, -0.2) is 4.79 Å². The van der Waals surface area contributed by atoms with E-state index in [0.717, 1.165) is 34.4 Å². The first kappa shape index (κ1) is 27.0. The van der Waals surface area contributed by atoms with Gasteiger partial charge in [-0.3, -0.25) is 14.8 Å². The number of aromatic nitrogens is 2. The molecule has 1 unspecified atom stereocenters. The Balaban J connectivity index is 1.29. The summed E-state index contributed by atoms with van der Waals surface area (Å²) in [5.41, 5.74) is 2.73. The molecule has 0 saturated heterocycles. The number of benzene rings is 3. The van der Waals surface area contributed by atoms with Gasteiger partial charge in [0.1, 0.15) is 11.9 Å². The van der Waals surface area contributed by atoms with Crippen LogP contribution in [0.5, 0.6) is 0 Å². The molecule has 4 aromatic rings. The van der Waals surface area contributed by atoms with Gasteiger partial charge in [-0.05, 0) is 59.7 Å². The minimum atomic E-state index is -4.50. The number of carbonyl (C=O) groups excluding carboxylic acids is 1. The number of carboxylic acids is 1. The third kappa shape index (κ3) is 5.29. The van der Waals surface area contributed by atoms with E-state index in [1.54, 1.807) is 13.2 Å². The number of aliphatic carboxylic acids is 1.